The van der Waals surface area contributed by atoms with E-state index in [0.29, 0.717) is 12.0 Å². The molecule has 1 aromatic heterocycles. The number of nitrogen functional groups attached to an aromatic ring is 1. The van der Waals surface area contributed by atoms with E-state index in [2.05, 4.69) is 23.3 Å². The minimum Gasteiger partial charge on any atom is -0.397 e. The average molecular weight is 277 g/mol. The Morgan fingerprint density at radius 2 is 2.37 bits per heavy atom. The molecule has 5 heteroatoms. The molecule has 2 heterocycles. The smallest absolute Gasteiger partial charge is 0.0907 e. The maximum atomic E-state index is 6.13. The fourth-order valence-electron chi connectivity index (χ4n) is 2.54. The average Bonchev–Trinajstić information content (AvgIpc) is 2.97. The summed E-state index contributed by atoms with van der Waals surface area (Å²) < 4.78 is 6.59. The molecule has 1 aliphatic heterocycles. The Bertz CT molecular complexity index is 590. The van der Waals surface area contributed by atoms with Crippen molar-refractivity contribution in [2.24, 2.45) is 5.92 Å². The summed E-state index contributed by atoms with van der Waals surface area (Å²) in [5.41, 5.74) is 8.93. The van der Waals surface area contributed by atoms with Gasteiger partial charge < -0.3 is 15.8 Å². The van der Waals surface area contributed by atoms with Crippen molar-refractivity contribution >= 4 is 32.9 Å². The van der Waals surface area contributed by atoms with Crippen molar-refractivity contribution in [2.45, 2.75) is 26.3 Å². The van der Waals surface area contributed by atoms with E-state index < -0.39 is 0 Å². The number of aryl methyl sites for hydroxylation is 1. The molecule has 0 radical (unpaired) electrons. The summed E-state index contributed by atoms with van der Waals surface area (Å²) >= 11 is 1.68. The maximum absolute atomic E-state index is 6.13. The van der Waals surface area contributed by atoms with E-state index in [1.165, 1.54) is 0 Å². The summed E-state index contributed by atoms with van der Waals surface area (Å²) in [5, 5.41) is 4.59. The normalized spacial score (nSPS) is 20.8. The van der Waals surface area contributed by atoms with Gasteiger partial charge in [0.2, 0.25) is 0 Å². The number of rotatable bonds is 3. The van der Waals surface area contributed by atoms with Crippen LogP contribution in [0.2, 0.25) is 0 Å². The van der Waals surface area contributed by atoms with Crippen LogP contribution in [0, 0.1) is 12.8 Å². The van der Waals surface area contributed by atoms with Crippen LogP contribution in [0.5, 0.6) is 0 Å². The highest BCUT2D eigenvalue weighted by Crippen LogP contribution is 2.31. The Balaban J connectivity index is 1.84. The fraction of sp³-hybridized carbons (Fsp3) is 0.500. The van der Waals surface area contributed by atoms with Crippen LogP contribution in [0.4, 0.5) is 11.4 Å². The van der Waals surface area contributed by atoms with Gasteiger partial charge in [0.1, 0.15) is 0 Å². The van der Waals surface area contributed by atoms with Crippen LogP contribution in [0.1, 0.15) is 18.4 Å². The number of aromatic nitrogens is 1. The van der Waals surface area contributed by atoms with E-state index in [4.69, 9.17) is 10.5 Å². The monoisotopic (exact) mass is 277 g/mol. The van der Waals surface area contributed by atoms with Crippen molar-refractivity contribution in [2.75, 3.05) is 24.3 Å². The lowest BCUT2D eigenvalue weighted by Crippen LogP contribution is -2.26. The molecule has 19 heavy (non-hydrogen) atoms. The zero-order valence-corrected chi connectivity index (χ0v) is 12.1. The van der Waals surface area contributed by atoms with E-state index in [1.54, 1.807) is 11.3 Å². The molecule has 0 aliphatic carbocycles. The standard InChI is InChI=1S/C14H19N3OS/c1-8(10-3-4-18-7-10)16-12-6-13-14(5-11(12)15)19-9(2)17-13/h5-6,8,10,16H,3-4,7,15H2,1-2H3. The van der Waals surface area contributed by atoms with Gasteiger partial charge in [-0.2, -0.15) is 0 Å². The lowest BCUT2D eigenvalue weighted by atomic mass is 10.0. The lowest BCUT2D eigenvalue weighted by Gasteiger charge is -2.21. The van der Waals surface area contributed by atoms with Crippen molar-refractivity contribution < 1.29 is 4.74 Å². The highest BCUT2D eigenvalue weighted by molar-refractivity contribution is 7.18. The largest absolute Gasteiger partial charge is 0.397 e. The van der Waals surface area contributed by atoms with Crippen LogP contribution in [-0.4, -0.2) is 24.2 Å². The van der Waals surface area contributed by atoms with E-state index in [0.717, 1.165) is 46.2 Å². The molecule has 2 atom stereocenters. The molecule has 1 aliphatic rings. The van der Waals surface area contributed by atoms with Gasteiger partial charge >= 0.3 is 0 Å². The van der Waals surface area contributed by atoms with Crippen molar-refractivity contribution in [3.63, 3.8) is 0 Å². The number of nitrogens with zero attached hydrogens (tertiary/aromatic N) is 1. The van der Waals surface area contributed by atoms with Gasteiger partial charge in [-0.1, -0.05) is 0 Å². The fourth-order valence-corrected chi connectivity index (χ4v) is 3.40. The zero-order chi connectivity index (χ0) is 13.4. The van der Waals surface area contributed by atoms with Gasteiger partial charge in [0.15, 0.2) is 0 Å². The molecule has 4 nitrogen and oxygen atoms in total. The Hall–Kier alpha value is -1.33. The summed E-state index contributed by atoms with van der Waals surface area (Å²) in [6.45, 7) is 5.92. The second-order valence-corrected chi connectivity index (χ2v) is 6.43. The minimum atomic E-state index is 0.363. The van der Waals surface area contributed by atoms with E-state index in [-0.39, 0.29) is 0 Å². The highest BCUT2D eigenvalue weighted by Gasteiger charge is 2.22. The van der Waals surface area contributed by atoms with Gasteiger partial charge in [-0.15, -0.1) is 11.3 Å². The summed E-state index contributed by atoms with van der Waals surface area (Å²) in [7, 11) is 0. The number of nitrogens with one attached hydrogen (secondary N) is 1. The van der Waals surface area contributed by atoms with Gasteiger partial charge in [-0.25, -0.2) is 4.98 Å². The van der Waals surface area contributed by atoms with Gasteiger partial charge in [0.25, 0.3) is 0 Å². The second kappa shape index (κ2) is 4.98. The number of hydrogen-bond acceptors (Lipinski definition) is 5. The molecule has 3 rings (SSSR count). The topological polar surface area (TPSA) is 60.2 Å². The van der Waals surface area contributed by atoms with Crippen molar-refractivity contribution in [1.82, 2.24) is 4.98 Å². The number of fused-ring (bicyclic) bond motifs is 1. The molecule has 2 aromatic rings. The van der Waals surface area contributed by atoms with Crippen LogP contribution in [-0.2, 0) is 4.74 Å². The Kier molecular flexibility index (Phi) is 3.33. The van der Waals surface area contributed by atoms with Crippen LogP contribution < -0.4 is 11.1 Å². The first-order chi connectivity index (χ1) is 9.13. The van der Waals surface area contributed by atoms with Crippen LogP contribution in [0.25, 0.3) is 10.2 Å². The second-order valence-electron chi connectivity index (χ2n) is 5.20. The number of nitrogens with two attached hydrogens (primary N) is 1. The highest BCUT2D eigenvalue weighted by atomic mass is 32.1. The van der Waals surface area contributed by atoms with Crippen LogP contribution in [0.3, 0.4) is 0 Å². The van der Waals surface area contributed by atoms with Crippen molar-refractivity contribution in [3.05, 3.63) is 17.1 Å². The number of hydrogen-bond donors (Lipinski definition) is 2. The molecular weight excluding hydrogens is 258 g/mol. The number of thiazole rings is 1. The van der Waals surface area contributed by atoms with Crippen molar-refractivity contribution in [3.8, 4) is 0 Å². The minimum absolute atomic E-state index is 0.363. The van der Waals surface area contributed by atoms with Gasteiger partial charge in [-0.05, 0) is 32.4 Å². The Morgan fingerprint density at radius 1 is 1.53 bits per heavy atom. The number of anilines is 2. The first-order valence-electron chi connectivity index (χ1n) is 6.64. The molecule has 0 spiro atoms. The van der Waals surface area contributed by atoms with Crippen molar-refractivity contribution in [1.29, 1.82) is 0 Å². The number of benzene rings is 1. The summed E-state index contributed by atoms with van der Waals surface area (Å²) in [6.07, 6.45) is 1.12. The summed E-state index contributed by atoms with van der Waals surface area (Å²) in [4.78, 5) is 4.52. The summed E-state index contributed by atoms with van der Waals surface area (Å²) in [5.74, 6) is 0.562. The van der Waals surface area contributed by atoms with Gasteiger partial charge in [0.05, 0.1) is 33.2 Å². The molecule has 3 N–H and O–H groups in total. The van der Waals surface area contributed by atoms with E-state index in [9.17, 15) is 0 Å². The quantitative estimate of drug-likeness (QED) is 0.847. The van der Waals surface area contributed by atoms with Gasteiger partial charge in [-0.3, -0.25) is 0 Å². The first kappa shape index (κ1) is 12.7. The lowest BCUT2D eigenvalue weighted by molar-refractivity contribution is 0.183. The van der Waals surface area contributed by atoms with Crippen LogP contribution in [0.15, 0.2) is 12.1 Å². The third-order valence-electron chi connectivity index (χ3n) is 3.72. The SMILES string of the molecule is Cc1nc2cc(NC(C)C3CCOC3)c(N)cc2s1. The molecule has 0 bridgehead atoms. The molecule has 1 aromatic carbocycles. The predicted octanol–water partition coefficient (Wildman–Crippen LogP) is 3.02. The molecule has 1 fully saturated rings. The maximum Gasteiger partial charge on any atom is 0.0907 e. The third-order valence-corrected chi connectivity index (χ3v) is 4.66. The molecule has 102 valence electrons. The number of ether oxygens (including phenoxy) is 1. The van der Waals surface area contributed by atoms with E-state index in [1.807, 2.05) is 13.0 Å². The van der Waals surface area contributed by atoms with E-state index >= 15 is 0 Å². The molecule has 0 saturated carbocycles. The first-order valence-corrected chi connectivity index (χ1v) is 7.46. The Morgan fingerprint density at radius 3 is 3.11 bits per heavy atom. The molecular formula is C14H19N3OS. The summed E-state index contributed by atoms with van der Waals surface area (Å²) in [6, 6.07) is 4.43. The Labute approximate surface area is 117 Å². The van der Waals surface area contributed by atoms with Crippen LogP contribution >= 0.6 is 11.3 Å². The molecule has 2 unspecified atom stereocenters. The predicted molar refractivity (Wildman–Crippen MR) is 80.8 cm³/mol. The van der Waals surface area contributed by atoms with Gasteiger partial charge in [0, 0.05) is 18.6 Å². The molecule has 1 saturated heterocycles. The molecule has 0 amide bonds. The third kappa shape index (κ3) is 2.53. The zero-order valence-electron chi connectivity index (χ0n) is 11.3.